The average Bonchev–Trinajstić information content (AvgIpc) is 3.06. The van der Waals surface area contributed by atoms with Gasteiger partial charge in [-0.2, -0.15) is 0 Å². The number of rotatable bonds is 32. The molecule has 0 aliphatic heterocycles. The van der Waals surface area contributed by atoms with Crippen LogP contribution in [0.4, 0.5) is 0 Å². The number of unbranched alkanes of at least 4 members (excludes halogenated alkanes) is 6. The van der Waals surface area contributed by atoms with Gasteiger partial charge in [-0.15, -0.1) is 0 Å². The van der Waals surface area contributed by atoms with Gasteiger partial charge in [-0.05, 0) is 42.2 Å². The first-order valence-corrected chi connectivity index (χ1v) is 16.8. The zero-order valence-electron chi connectivity index (χ0n) is 27.6. The molecule has 1 N–H and O–H groups in total. The molecule has 0 atom stereocenters. The van der Waals surface area contributed by atoms with Gasteiger partial charge in [-0.3, -0.25) is 0 Å². The summed E-state index contributed by atoms with van der Waals surface area (Å²) in [5, 5.41) is 9.89. The number of benzene rings is 2. The minimum atomic E-state index is 0.282. The van der Waals surface area contributed by atoms with Crippen molar-refractivity contribution in [1.82, 2.24) is 0 Å². The Bertz CT molecular complexity index is 913. The average molecular weight is 635 g/mol. The number of hydrogen-bond donors (Lipinski definition) is 1. The molecule has 0 saturated heterocycles. The van der Waals surface area contributed by atoms with Gasteiger partial charge in [-0.1, -0.05) is 75.8 Å². The van der Waals surface area contributed by atoms with E-state index in [0.29, 0.717) is 99.1 Å². The highest BCUT2D eigenvalue weighted by Crippen LogP contribution is 2.25. The fourth-order valence-electron chi connectivity index (χ4n) is 4.47. The fraction of sp³-hybridized carbons (Fsp3) is 0.667. The Hall–Kier alpha value is -2.24. The Morgan fingerprint density at radius 1 is 0.489 bits per heavy atom. The molecule has 0 aromatic heterocycles. The maximum Gasteiger partial charge on any atom is 0.122 e. The molecule has 45 heavy (non-hydrogen) atoms. The molecule has 2 aromatic rings. The highest BCUT2D eigenvalue weighted by Gasteiger charge is 2.06. The molecule has 0 spiro atoms. The smallest absolute Gasteiger partial charge is 0.122 e. The number of aryl methyl sites for hydroxylation is 1. The largest absolute Gasteiger partial charge is 0.508 e. The van der Waals surface area contributed by atoms with E-state index >= 15 is 0 Å². The molecule has 0 fully saturated rings. The first kappa shape index (κ1) is 38.9. The monoisotopic (exact) mass is 634 g/mol. The first-order chi connectivity index (χ1) is 22.3. The van der Waals surface area contributed by atoms with Gasteiger partial charge >= 0.3 is 0 Å². The van der Waals surface area contributed by atoms with Crippen molar-refractivity contribution in [3.8, 4) is 11.5 Å². The van der Waals surface area contributed by atoms with Crippen LogP contribution in [0.2, 0.25) is 0 Å². The van der Waals surface area contributed by atoms with Gasteiger partial charge in [0.25, 0.3) is 0 Å². The van der Waals surface area contributed by atoms with E-state index in [1.54, 1.807) is 6.07 Å². The molecule has 0 unspecified atom stereocenters. The topological polar surface area (TPSA) is 94.1 Å². The predicted octanol–water partition coefficient (Wildman–Crippen LogP) is 6.38. The number of phenolic OH excluding ortho intramolecular Hbond substituents is 1. The SMILES string of the molecule is CCCCCCCCCc1cc(O)ccc1OCCOCCOCCOCCOCCOCCOCCOCc1ccccc1. The molecule has 0 aliphatic rings. The van der Waals surface area contributed by atoms with Crippen LogP contribution in [0, 0.1) is 0 Å². The van der Waals surface area contributed by atoms with Gasteiger partial charge in [0, 0.05) is 0 Å². The second kappa shape index (κ2) is 29.2. The van der Waals surface area contributed by atoms with Gasteiger partial charge in [0.2, 0.25) is 0 Å². The van der Waals surface area contributed by atoms with E-state index in [4.69, 9.17) is 37.9 Å². The second-order valence-electron chi connectivity index (χ2n) is 10.7. The first-order valence-electron chi connectivity index (χ1n) is 16.8. The lowest BCUT2D eigenvalue weighted by Gasteiger charge is -2.12. The Labute approximate surface area is 271 Å². The highest BCUT2D eigenvalue weighted by atomic mass is 16.6. The maximum atomic E-state index is 9.89. The molecule has 0 radical (unpaired) electrons. The Balaban J connectivity index is 1.28. The van der Waals surface area contributed by atoms with Crippen LogP contribution in [0.3, 0.4) is 0 Å². The van der Waals surface area contributed by atoms with Gasteiger partial charge in [0.15, 0.2) is 0 Å². The van der Waals surface area contributed by atoms with Crippen LogP contribution < -0.4 is 4.74 Å². The summed E-state index contributed by atoms with van der Waals surface area (Å²) in [6, 6.07) is 15.4. The minimum Gasteiger partial charge on any atom is -0.508 e. The van der Waals surface area contributed by atoms with Crippen LogP contribution in [0.15, 0.2) is 48.5 Å². The van der Waals surface area contributed by atoms with E-state index < -0.39 is 0 Å². The predicted molar refractivity (Wildman–Crippen MR) is 176 cm³/mol. The van der Waals surface area contributed by atoms with Crippen molar-refractivity contribution in [1.29, 1.82) is 0 Å². The highest BCUT2D eigenvalue weighted by molar-refractivity contribution is 5.39. The van der Waals surface area contributed by atoms with Crippen molar-refractivity contribution in [3.05, 3.63) is 59.7 Å². The third-order valence-electron chi connectivity index (χ3n) is 6.92. The van der Waals surface area contributed by atoms with Gasteiger partial charge in [-0.25, -0.2) is 0 Å². The van der Waals surface area contributed by atoms with E-state index in [0.717, 1.165) is 29.7 Å². The van der Waals surface area contributed by atoms with Crippen molar-refractivity contribution >= 4 is 0 Å². The van der Waals surface area contributed by atoms with Gasteiger partial charge < -0.3 is 43.0 Å². The van der Waals surface area contributed by atoms with Crippen molar-refractivity contribution < 1.29 is 43.0 Å². The molecule has 0 aliphatic carbocycles. The van der Waals surface area contributed by atoms with E-state index in [1.165, 1.54) is 38.5 Å². The van der Waals surface area contributed by atoms with E-state index in [1.807, 2.05) is 42.5 Å². The standard InChI is InChI=1S/C36H58O9/c1-2-3-4-5-6-7-11-14-34-31-35(37)15-16-36(34)45-30-29-43-26-25-41-22-21-39-18-17-38-19-20-40-23-24-42-27-28-44-32-33-12-9-8-10-13-33/h8-10,12-13,15-16,31,37H,2-7,11,14,17-30,32H2,1H3. The fourth-order valence-corrected chi connectivity index (χ4v) is 4.47. The molecule has 0 amide bonds. The van der Waals surface area contributed by atoms with Crippen molar-refractivity contribution in [3.63, 3.8) is 0 Å². The summed E-state index contributed by atoms with van der Waals surface area (Å²) in [5.41, 5.74) is 2.22. The lowest BCUT2D eigenvalue weighted by atomic mass is 10.0. The summed E-state index contributed by atoms with van der Waals surface area (Å²) >= 11 is 0. The molecule has 0 bridgehead atoms. The van der Waals surface area contributed by atoms with Crippen LogP contribution in [0.25, 0.3) is 0 Å². The molecule has 256 valence electrons. The summed E-state index contributed by atoms with van der Waals surface area (Å²) in [6.07, 6.45) is 9.74. The molecule has 0 heterocycles. The maximum absolute atomic E-state index is 9.89. The van der Waals surface area contributed by atoms with E-state index in [-0.39, 0.29) is 5.75 Å². The zero-order valence-corrected chi connectivity index (χ0v) is 27.6. The normalized spacial score (nSPS) is 11.3. The third kappa shape index (κ3) is 22.8. The number of aromatic hydroxyl groups is 1. The molecule has 0 saturated carbocycles. The molecule has 9 nitrogen and oxygen atoms in total. The molecule has 9 heteroatoms. The van der Waals surface area contributed by atoms with Crippen LogP contribution in [0.5, 0.6) is 11.5 Å². The van der Waals surface area contributed by atoms with Crippen molar-refractivity contribution in [2.75, 3.05) is 92.5 Å². The lowest BCUT2D eigenvalue weighted by molar-refractivity contribution is -0.0218. The Morgan fingerprint density at radius 3 is 1.49 bits per heavy atom. The van der Waals surface area contributed by atoms with Crippen LogP contribution in [-0.4, -0.2) is 97.6 Å². The summed E-state index contributed by atoms with van der Waals surface area (Å²) in [7, 11) is 0. The Morgan fingerprint density at radius 2 is 0.956 bits per heavy atom. The number of phenols is 1. The third-order valence-corrected chi connectivity index (χ3v) is 6.92. The molecular weight excluding hydrogens is 576 g/mol. The van der Waals surface area contributed by atoms with Crippen LogP contribution >= 0.6 is 0 Å². The van der Waals surface area contributed by atoms with Crippen LogP contribution in [-0.2, 0) is 46.2 Å². The summed E-state index contributed by atoms with van der Waals surface area (Å²) < 4.78 is 44.7. The summed E-state index contributed by atoms with van der Waals surface area (Å²) in [4.78, 5) is 0. The molecular formula is C36H58O9. The Kier molecular flexibility index (Phi) is 25.3. The minimum absolute atomic E-state index is 0.282. The second-order valence-corrected chi connectivity index (χ2v) is 10.7. The lowest BCUT2D eigenvalue weighted by Crippen LogP contribution is -2.15. The quantitative estimate of drug-likeness (QED) is 0.0921. The van der Waals surface area contributed by atoms with Gasteiger partial charge in [0.1, 0.15) is 18.1 Å². The summed E-state index contributed by atoms with van der Waals surface area (Å²) in [5.74, 6) is 1.11. The van der Waals surface area contributed by atoms with E-state index in [9.17, 15) is 5.11 Å². The number of hydrogen-bond acceptors (Lipinski definition) is 9. The van der Waals surface area contributed by atoms with Gasteiger partial charge in [0.05, 0.1) is 92.5 Å². The number of ether oxygens (including phenoxy) is 8. The summed E-state index contributed by atoms with van der Waals surface area (Å²) in [6.45, 7) is 10.1. The molecule has 2 aromatic carbocycles. The van der Waals surface area contributed by atoms with Crippen LogP contribution in [0.1, 0.15) is 63.0 Å². The molecule has 2 rings (SSSR count). The van der Waals surface area contributed by atoms with Crippen molar-refractivity contribution in [2.45, 2.75) is 64.9 Å². The van der Waals surface area contributed by atoms with E-state index in [2.05, 4.69) is 6.92 Å². The van der Waals surface area contributed by atoms with Crippen molar-refractivity contribution in [2.24, 2.45) is 0 Å². The zero-order chi connectivity index (χ0) is 31.9.